The molecule has 12 nitrogen and oxygen atoms in total. The number of nitrogens with one attached hydrogen (secondary N) is 2. The summed E-state index contributed by atoms with van der Waals surface area (Å²) in [5.41, 5.74) is 14.4. The zero-order chi connectivity index (χ0) is 32.5. The van der Waals surface area contributed by atoms with Crippen LogP contribution in [0.5, 0.6) is 0 Å². The van der Waals surface area contributed by atoms with Crippen LogP contribution in [-0.2, 0) is 28.2 Å². The number of nitrogens with zero attached hydrogens (tertiary/aromatic N) is 10. The van der Waals surface area contributed by atoms with Gasteiger partial charge in [-0.1, -0.05) is 0 Å². The molecule has 48 heavy (non-hydrogen) atoms. The highest BCUT2D eigenvalue weighted by Gasteiger charge is 2.21. The molecule has 2 N–H and O–H groups in total. The van der Waals surface area contributed by atoms with E-state index in [0.717, 1.165) is 89.9 Å². The molecule has 0 saturated carbocycles. The first-order valence-electron chi connectivity index (χ1n) is 15.5. The van der Waals surface area contributed by atoms with Crippen molar-refractivity contribution < 1.29 is 0 Å². The predicted octanol–water partition coefficient (Wildman–Crippen LogP) is 6.26. The number of hydrogen-bond donors (Lipinski definition) is 2. The molecule has 7 aromatic heterocycles. The minimum Gasteiger partial charge on any atom is -0.354 e. The Balaban J connectivity index is 1.51. The summed E-state index contributed by atoms with van der Waals surface area (Å²) in [5.74, 6) is 0. The van der Waals surface area contributed by atoms with E-state index in [2.05, 4.69) is 78.5 Å². The predicted molar refractivity (Wildman–Crippen MR) is 188 cm³/mol. The van der Waals surface area contributed by atoms with E-state index in [0.29, 0.717) is 0 Å². The van der Waals surface area contributed by atoms with E-state index in [-0.39, 0.29) is 0 Å². The van der Waals surface area contributed by atoms with Crippen molar-refractivity contribution in [1.29, 1.82) is 0 Å². The van der Waals surface area contributed by atoms with Crippen molar-refractivity contribution in [3.05, 3.63) is 97.1 Å². The van der Waals surface area contributed by atoms with E-state index in [1.807, 2.05) is 96.6 Å². The third-order valence-corrected chi connectivity index (χ3v) is 9.05. The van der Waals surface area contributed by atoms with Crippen LogP contribution in [0.3, 0.4) is 0 Å². The number of rotatable bonds is 4. The third-order valence-electron chi connectivity index (χ3n) is 9.05. The Hall–Kier alpha value is -6.56. The zero-order valence-electron chi connectivity index (χ0n) is 26.7. The molecule has 9 rings (SSSR count). The Kier molecular flexibility index (Phi) is 6.06. The van der Waals surface area contributed by atoms with E-state index >= 15 is 0 Å². The average molecular weight is 631 g/mol. The van der Waals surface area contributed by atoms with Gasteiger partial charge in [0.15, 0.2) is 0 Å². The van der Waals surface area contributed by atoms with Crippen molar-refractivity contribution in [1.82, 2.24) is 58.1 Å². The van der Waals surface area contributed by atoms with Gasteiger partial charge in [-0.3, -0.25) is 0 Å². The van der Waals surface area contributed by atoms with Gasteiger partial charge in [-0.2, -0.15) is 0 Å². The van der Waals surface area contributed by atoms with Gasteiger partial charge in [-0.25, -0.2) is 29.9 Å². The second-order valence-corrected chi connectivity index (χ2v) is 12.1. The quantitative estimate of drug-likeness (QED) is 0.236. The maximum Gasteiger partial charge on any atom is 0.0948 e. The number of aryl methyl sites for hydroxylation is 4. The first kappa shape index (κ1) is 27.7. The van der Waals surface area contributed by atoms with Crippen LogP contribution in [0.4, 0.5) is 0 Å². The second kappa shape index (κ2) is 10.5. The largest absolute Gasteiger partial charge is 0.354 e. The lowest BCUT2D eigenvalue weighted by molar-refractivity contribution is 0.919. The Morgan fingerprint density at radius 1 is 0.396 bits per heavy atom. The highest BCUT2D eigenvalue weighted by molar-refractivity contribution is 5.98. The topological polar surface area (TPSA) is 129 Å². The molecule has 0 aliphatic carbocycles. The first-order valence-corrected chi connectivity index (χ1v) is 15.5. The van der Waals surface area contributed by atoms with Crippen LogP contribution in [0.15, 0.2) is 74.4 Å². The van der Waals surface area contributed by atoms with Crippen molar-refractivity contribution >= 4 is 46.4 Å². The van der Waals surface area contributed by atoms with Gasteiger partial charge in [-0.05, 0) is 48.6 Å². The molecule has 0 radical (unpaired) electrons. The van der Waals surface area contributed by atoms with E-state index in [4.69, 9.17) is 9.97 Å². The zero-order valence-corrected chi connectivity index (χ0v) is 26.7. The first-order chi connectivity index (χ1) is 23.4. The molecule has 0 unspecified atom stereocenters. The molecule has 234 valence electrons. The summed E-state index contributed by atoms with van der Waals surface area (Å²) in [7, 11) is 7.98. The summed E-state index contributed by atoms with van der Waals surface area (Å²) in [6, 6.07) is 8.39. The van der Waals surface area contributed by atoms with Gasteiger partial charge in [0.1, 0.15) is 0 Å². The molecular weight excluding hydrogens is 600 g/mol. The van der Waals surface area contributed by atoms with Crippen molar-refractivity contribution in [2.45, 2.75) is 0 Å². The summed E-state index contributed by atoms with van der Waals surface area (Å²) in [6.07, 6.45) is 23.0. The number of hydrogen-bond acceptors (Lipinski definition) is 6. The highest BCUT2D eigenvalue weighted by Crippen LogP contribution is 2.37. The summed E-state index contributed by atoms with van der Waals surface area (Å²) in [6.45, 7) is 0. The summed E-state index contributed by atoms with van der Waals surface area (Å²) < 4.78 is 8.05. The number of fused-ring (bicyclic) bond motifs is 8. The van der Waals surface area contributed by atoms with Crippen LogP contribution in [-0.4, -0.2) is 58.1 Å². The minimum atomic E-state index is 0.818. The maximum absolute atomic E-state index is 5.29. The normalized spacial score (nSPS) is 12.4. The Bertz CT molecular complexity index is 2280. The van der Waals surface area contributed by atoms with E-state index < -0.39 is 0 Å². The van der Waals surface area contributed by atoms with Crippen LogP contribution < -0.4 is 0 Å². The van der Waals surface area contributed by atoms with Crippen molar-refractivity contribution in [3.8, 4) is 45.0 Å². The molecule has 8 bridgehead atoms. The summed E-state index contributed by atoms with van der Waals surface area (Å²) in [5, 5.41) is 0. The lowest BCUT2D eigenvalue weighted by Gasteiger charge is -2.07. The smallest absolute Gasteiger partial charge is 0.0948 e. The number of imidazole rings is 4. The van der Waals surface area contributed by atoms with Gasteiger partial charge in [-0.15, -0.1) is 0 Å². The number of aromatic amines is 2. The fraction of sp³-hybridized carbons (Fsp3) is 0.111. The minimum absolute atomic E-state index is 0.818. The molecule has 7 aromatic rings. The molecule has 2 aliphatic rings. The molecule has 0 saturated heterocycles. The van der Waals surface area contributed by atoms with Gasteiger partial charge in [0.05, 0.1) is 118 Å². The molecule has 9 heterocycles. The average Bonchev–Trinajstić information content (AvgIpc) is 3.91. The van der Waals surface area contributed by atoms with Gasteiger partial charge in [0.25, 0.3) is 0 Å². The molecule has 0 spiro atoms. The fourth-order valence-corrected chi connectivity index (χ4v) is 6.68. The van der Waals surface area contributed by atoms with E-state index in [1.165, 1.54) is 0 Å². The van der Waals surface area contributed by atoms with Crippen LogP contribution in [0, 0.1) is 0 Å². The van der Waals surface area contributed by atoms with Gasteiger partial charge >= 0.3 is 0 Å². The summed E-state index contributed by atoms with van der Waals surface area (Å²) >= 11 is 0. The molecular formula is C36H30N12. The number of aromatic nitrogens is 12. The van der Waals surface area contributed by atoms with Gasteiger partial charge in [0, 0.05) is 50.4 Å². The molecule has 0 atom stereocenters. The molecule has 12 heteroatoms. The van der Waals surface area contributed by atoms with Gasteiger partial charge < -0.3 is 28.2 Å². The van der Waals surface area contributed by atoms with Crippen molar-refractivity contribution in [2.75, 3.05) is 0 Å². The monoisotopic (exact) mass is 630 g/mol. The Labute approximate surface area is 274 Å². The molecule has 0 amide bonds. The maximum atomic E-state index is 5.29. The number of H-pyrrole nitrogens is 2. The Morgan fingerprint density at radius 2 is 0.646 bits per heavy atom. The van der Waals surface area contributed by atoms with Crippen molar-refractivity contribution in [2.24, 2.45) is 28.2 Å². The van der Waals surface area contributed by atoms with Crippen LogP contribution >= 0.6 is 0 Å². The van der Waals surface area contributed by atoms with Crippen LogP contribution in [0.2, 0.25) is 0 Å². The standard InChI is InChI=1S/C36H30N12/c1-45-17-37-13-29(45)33-21-5-7-23(41-21)34(30-14-38-18-46(30)2)25-9-11-27(43-25)36(32-16-40-20-48(32)4)28-12-10-26(44-28)35(24-8-6-22(33)42-24)31-15-39-19-47(31)3/h5-20,41,44H,1-4H3. The molecule has 0 aromatic carbocycles. The lowest BCUT2D eigenvalue weighted by Crippen LogP contribution is -1.95. The van der Waals surface area contributed by atoms with Crippen molar-refractivity contribution in [3.63, 3.8) is 0 Å². The lowest BCUT2D eigenvalue weighted by atomic mass is 10.1. The van der Waals surface area contributed by atoms with Gasteiger partial charge in [0.2, 0.25) is 0 Å². The SMILES string of the molecule is Cn1cncc1-c1c2nc(c(-c3cncn3C)c3ccc([nH]3)c(-c3cncn3C)c3nc(c(-c4cncn4C)c4ccc1[nH]4)C=C3)C=C2. The fourth-order valence-electron chi connectivity index (χ4n) is 6.68. The Morgan fingerprint density at radius 3 is 0.854 bits per heavy atom. The van der Waals surface area contributed by atoms with Crippen LogP contribution in [0.25, 0.3) is 91.4 Å². The van der Waals surface area contributed by atoms with E-state index in [9.17, 15) is 0 Å². The summed E-state index contributed by atoms with van der Waals surface area (Å²) in [4.78, 5) is 35.9. The molecule has 2 aliphatic heterocycles. The highest BCUT2D eigenvalue weighted by atomic mass is 15.0. The van der Waals surface area contributed by atoms with E-state index in [1.54, 1.807) is 0 Å². The van der Waals surface area contributed by atoms with Crippen LogP contribution in [0.1, 0.15) is 22.8 Å². The third kappa shape index (κ3) is 4.23. The second-order valence-electron chi connectivity index (χ2n) is 12.1. The molecule has 0 fully saturated rings.